The van der Waals surface area contributed by atoms with Gasteiger partial charge in [-0.15, -0.1) is 0 Å². The zero-order chi connectivity index (χ0) is 10.7. The van der Waals surface area contributed by atoms with Gasteiger partial charge >= 0.3 is 0 Å². The molecule has 0 amide bonds. The first-order chi connectivity index (χ1) is 7.24. The van der Waals surface area contributed by atoms with Crippen molar-refractivity contribution in [3.05, 3.63) is 17.7 Å². The Bertz CT molecular complexity index is 312. The van der Waals surface area contributed by atoms with E-state index in [1.54, 1.807) is 0 Å². The largest absolute Gasteiger partial charge is 0.345 e. The molecule has 15 heavy (non-hydrogen) atoms. The summed E-state index contributed by atoms with van der Waals surface area (Å²) in [6.45, 7) is 4.01. The standard InChI is InChI=1S/C11H19N3S/c1-9-13-7-10(14-9)6-12-8-11(15-2)4-3-5-11/h7,12H,3-6,8H2,1-2H3,(H,13,14). The zero-order valence-electron chi connectivity index (χ0n) is 9.47. The summed E-state index contributed by atoms with van der Waals surface area (Å²) in [6.07, 6.45) is 8.26. The molecule has 0 radical (unpaired) electrons. The summed E-state index contributed by atoms with van der Waals surface area (Å²) < 4.78 is 0.523. The second-order valence-corrected chi connectivity index (χ2v) is 5.61. The predicted octanol–water partition coefficient (Wildman–Crippen LogP) is 2.09. The lowest BCUT2D eigenvalue weighted by atomic mass is 9.84. The van der Waals surface area contributed by atoms with E-state index < -0.39 is 0 Å². The number of hydrogen-bond donors (Lipinski definition) is 2. The third-order valence-electron chi connectivity index (χ3n) is 3.22. The number of hydrogen-bond acceptors (Lipinski definition) is 3. The van der Waals surface area contributed by atoms with Gasteiger partial charge in [-0.3, -0.25) is 0 Å². The topological polar surface area (TPSA) is 40.7 Å². The summed E-state index contributed by atoms with van der Waals surface area (Å²) in [5, 5.41) is 3.52. The molecule has 0 spiro atoms. The Morgan fingerprint density at radius 3 is 2.87 bits per heavy atom. The summed E-state index contributed by atoms with van der Waals surface area (Å²) in [6, 6.07) is 0. The van der Waals surface area contributed by atoms with E-state index in [0.717, 1.165) is 18.9 Å². The Hall–Kier alpha value is -0.480. The quantitative estimate of drug-likeness (QED) is 0.806. The van der Waals surface area contributed by atoms with Crippen molar-refractivity contribution in [1.82, 2.24) is 15.3 Å². The van der Waals surface area contributed by atoms with Crippen molar-refractivity contribution in [2.45, 2.75) is 37.5 Å². The van der Waals surface area contributed by atoms with Gasteiger partial charge in [-0.2, -0.15) is 11.8 Å². The normalized spacial score (nSPS) is 18.8. The Morgan fingerprint density at radius 1 is 1.60 bits per heavy atom. The predicted molar refractivity (Wildman–Crippen MR) is 65.1 cm³/mol. The van der Waals surface area contributed by atoms with Crippen molar-refractivity contribution in [1.29, 1.82) is 0 Å². The Balaban J connectivity index is 1.74. The fraction of sp³-hybridized carbons (Fsp3) is 0.727. The zero-order valence-corrected chi connectivity index (χ0v) is 10.3. The highest BCUT2D eigenvalue weighted by Crippen LogP contribution is 2.42. The van der Waals surface area contributed by atoms with Crippen LogP contribution in [0.1, 0.15) is 30.8 Å². The van der Waals surface area contributed by atoms with Gasteiger partial charge in [-0.05, 0) is 26.0 Å². The second-order valence-electron chi connectivity index (χ2n) is 4.34. The number of aromatic amines is 1. The molecule has 0 unspecified atom stereocenters. The second kappa shape index (κ2) is 4.58. The molecule has 1 fully saturated rings. The molecular weight excluding hydrogens is 206 g/mol. The van der Waals surface area contributed by atoms with E-state index in [1.165, 1.54) is 25.0 Å². The van der Waals surface area contributed by atoms with Crippen LogP contribution in [0.25, 0.3) is 0 Å². The summed E-state index contributed by atoms with van der Waals surface area (Å²) in [7, 11) is 0. The fourth-order valence-corrected chi connectivity index (χ4v) is 2.95. The summed E-state index contributed by atoms with van der Waals surface area (Å²) in [4.78, 5) is 7.42. The first kappa shape index (κ1) is 11.0. The maximum atomic E-state index is 4.19. The van der Waals surface area contributed by atoms with Crippen LogP contribution >= 0.6 is 11.8 Å². The van der Waals surface area contributed by atoms with E-state index >= 15 is 0 Å². The average Bonchev–Trinajstić information content (AvgIpc) is 2.56. The smallest absolute Gasteiger partial charge is 0.103 e. The van der Waals surface area contributed by atoms with Crippen LogP contribution in [0.3, 0.4) is 0 Å². The molecule has 0 aromatic carbocycles. The highest BCUT2D eigenvalue weighted by atomic mass is 32.2. The number of nitrogens with one attached hydrogen (secondary N) is 2. The molecule has 1 saturated carbocycles. The van der Waals surface area contributed by atoms with Crippen molar-refractivity contribution < 1.29 is 0 Å². The number of nitrogens with zero attached hydrogens (tertiary/aromatic N) is 1. The van der Waals surface area contributed by atoms with E-state index in [-0.39, 0.29) is 0 Å². The highest BCUT2D eigenvalue weighted by Gasteiger charge is 2.35. The molecule has 0 saturated heterocycles. The number of H-pyrrole nitrogens is 1. The fourth-order valence-electron chi connectivity index (χ4n) is 2.01. The maximum Gasteiger partial charge on any atom is 0.103 e. The average molecular weight is 225 g/mol. The van der Waals surface area contributed by atoms with E-state index in [2.05, 4.69) is 21.5 Å². The van der Waals surface area contributed by atoms with Crippen LogP contribution in [0.15, 0.2) is 6.20 Å². The number of thioether (sulfide) groups is 1. The van der Waals surface area contributed by atoms with Crippen LogP contribution in [0.5, 0.6) is 0 Å². The van der Waals surface area contributed by atoms with Crippen molar-refractivity contribution in [3.63, 3.8) is 0 Å². The van der Waals surface area contributed by atoms with Crippen LogP contribution in [-0.2, 0) is 6.54 Å². The van der Waals surface area contributed by atoms with Gasteiger partial charge in [0.05, 0.1) is 0 Å². The lowest BCUT2D eigenvalue weighted by molar-refractivity contribution is 0.345. The lowest BCUT2D eigenvalue weighted by Gasteiger charge is -2.40. The Kier molecular flexibility index (Phi) is 3.36. The van der Waals surface area contributed by atoms with Gasteiger partial charge < -0.3 is 10.3 Å². The molecule has 1 aromatic heterocycles. The van der Waals surface area contributed by atoms with Gasteiger partial charge in [0.2, 0.25) is 0 Å². The van der Waals surface area contributed by atoms with E-state index in [9.17, 15) is 0 Å². The molecule has 0 atom stereocenters. The number of imidazole rings is 1. The van der Waals surface area contributed by atoms with Crippen molar-refractivity contribution in [2.24, 2.45) is 0 Å². The van der Waals surface area contributed by atoms with Gasteiger partial charge in [0, 0.05) is 29.7 Å². The minimum Gasteiger partial charge on any atom is -0.345 e. The lowest BCUT2D eigenvalue weighted by Crippen LogP contribution is -2.43. The van der Waals surface area contributed by atoms with Crippen molar-refractivity contribution in [2.75, 3.05) is 12.8 Å². The monoisotopic (exact) mass is 225 g/mol. The molecular formula is C11H19N3S. The SMILES string of the molecule is CSC1(CNCc2cnc(C)[nH]2)CCC1. The minimum atomic E-state index is 0.523. The van der Waals surface area contributed by atoms with Crippen molar-refractivity contribution >= 4 is 11.8 Å². The molecule has 0 aliphatic heterocycles. The van der Waals surface area contributed by atoms with Crippen LogP contribution < -0.4 is 5.32 Å². The van der Waals surface area contributed by atoms with Gasteiger partial charge in [0.15, 0.2) is 0 Å². The molecule has 1 heterocycles. The third-order valence-corrected chi connectivity index (χ3v) is 4.63. The van der Waals surface area contributed by atoms with Crippen molar-refractivity contribution in [3.8, 4) is 0 Å². The molecule has 1 aromatic rings. The summed E-state index contributed by atoms with van der Waals surface area (Å²) >= 11 is 2.01. The maximum absolute atomic E-state index is 4.19. The Morgan fingerprint density at radius 2 is 2.40 bits per heavy atom. The molecule has 1 aliphatic carbocycles. The molecule has 4 heteroatoms. The number of aromatic nitrogens is 2. The Labute approximate surface area is 95.4 Å². The molecule has 0 bridgehead atoms. The highest BCUT2D eigenvalue weighted by molar-refractivity contribution is 8.00. The third kappa shape index (κ3) is 2.55. The summed E-state index contributed by atoms with van der Waals surface area (Å²) in [5.41, 5.74) is 1.18. The molecule has 84 valence electrons. The minimum absolute atomic E-state index is 0.523. The number of rotatable bonds is 5. The first-order valence-electron chi connectivity index (χ1n) is 5.50. The first-order valence-corrected chi connectivity index (χ1v) is 6.73. The molecule has 3 nitrogen and oxygen atoms in total. The van der Waals surface area contributed by atoms with Gasteiger partial charge in [-0.25, -0.2) is 4.98 Å². The van der Waals surface area contributed by atoms with E-state index in [0.29, 0.717) is 4.75 Å². The van der Waals surface area contributed by atoms with E-state index in [1.807, 2.05) is 24.9 Å². The van der Waals surface area contributed by atoms with Crippen LogP contribution in [0.4, 0.5) is 0 Å². The van der Waals surface area contributed by atoms with Crippen LogP contribution in [0.2, 0.25) is 0 Å². The van der Waals surface area contributed by atoms with Gasteiger partial charge in [-0.1, -0.05) is 6.42 Å². The van der Waals surface area contributed by atoms with Gasteiger partial charge in [0.1, 0.15) is 5.82 Å². The summed E-state index contributed by atoms with van der Waals surface area (Å²) in [5.74, 6) is 0.995. The van der Waals surface area contributed by atoms with E-state index in [4.69, 9.17) is 0 Å². The van der Waals surface area contributed by atoms with Gasteiger partial charge in [0.25, 0.3) is 0 Å². The molecule has 2 rings (SSSR count). The van der Waals surface area contributed by atoms with Crippen LogP contribution in [-0.4, -0.2) is 27.5 Å². The van der Waals surface area contributed by atoms with Crippen LogP contribution in [0, 0.1) is 6.92 Å². The molecule has 1 aliphatic rings. The number of aryl methyl sites for hydroxylation is 1. The molecule has 2 N–H and O–H groups in total.